The van der Waals surface area contributed by atoms with Crippen LogP contribution >= 0.6 is 15.9 Å². The van der Waals surface area contributed by atoms with Crippen molar-refractivity contribution in [2.75, 3.05) is 11.9 Å². The van der Waals surface area contributed by atoms with Gasteiger partial charge in [-0.25, -0.2) is 9.48 Å². The molecule has 4 rings (SSSR count). The van der Waals surface area contributed by atoms with Gasteiger partial charge >= 0.3 is 5.97 Å². The first-order chi connectivity index (χ1) is 12.6. The van der Waals surface area contributed by atoms with Crippen LogP contribution in [0.2, 0.25) is 0 Å². The van der Waals surface area contributed by atoms with Gasteiger partial charge in [-0.1, -0.05) is 6.07 Å². The van der Waals surface area contributed by atoms with E-state index in [4.69, 9.17) is 5.10 Å². The number of pyridine rings is 1. The lowest BCUT2D eigenvalue weighted by Crippen LogP contribution is -2.08. The maximum absolute atomic E-state index is 11.3. The van der Waals surface area contributed by atoms with Crippen molar-refractivity contribution in [1.82, 2.24) is 14.8 Å². The number of hydrogen-bond donors (Lipinski definition) is 2. The fourth-order valence-electron chi connectivity index (χ4n) is 3.23. The maximum atomic E-state index is 11.3. The predicted octanol–water partition coefficient (Wildman–Crippen LogP) is 4.14. The molecule has 1 aliphatic rings. The van der Waals surface area contributed by atoms with Crippen LogP contribution < -0.4 is 5.32 Å². The Kier molecular flexibility index (Phi) is 4.46. The van der Waals surface area contributed by atoms with Gasteiger partial charge in [-0.05, 0) is 59.5 Å². The van der Waals surface area contributed by atoms with E-state index in [-0.39, 0.29) is 5.56 Å². The Morgan fingerprint density at radius 2 is 2.12 bits per heavy atom. The first-order valence-electron chi connectivity index (χ1n) is 8.44. The largest absolute Gasteiger partial charge is 0.478 e. The molecule has 0 radical (unpaired) electrons. The summed E-state index contributed by atoms with van der Waals surface area (Å²) in [6.45, 7) is 0.869. The molecule has 1 aliphatic heterocycles. The molecule has 1 aromatic carbocycles. The Labute approximate surface area is 159 Å². The summed E-state index contributed by atoms with van der Waals surface area (Å²) in [5.74, 6) is -0.0190. The molecule has 0 saturated heterocycles. The molecule has 2 N–H and O–H groups in total. The van der Waals surface area contributed by atoms with Crippen molar-refractivity contribution in [3.8, 4) is 16.9 Å². The van der Waals surface area contributed by atoms with Crippen molar-refractivity contribution in [1.29, 1.82) is 0 Å². The molecule has 0 unspecified atom stereocenters. The summed E-state index contributed by atoms with van der Waals surface area (Å²) in [4.78, 5) is 15.6. The minimum absolute atomic E-state index is 0.242. The average Bonchev–Trinajstić information content (AvgIpc) is 2.83. The number of carbonyl (C=O) groups is 1. The van der Waals surface area contributed by atoms with E-state index in [9.17, 15) is 9.90 Å². The van der Waals surface area contributed by atoms with Gasteiger partial charge in [0.2, 0.25) is 0 Å². The van der Waals surface area contributed by atoms with Gasteiger partial charge in [0.1, 0.15) is 5.82 Å². The number of fused-ring (bicyclic) bond motifs is 1. The molecule has 0 bridgehead atoms. The summed E-state index contributed by atoms with van der Waals surface area (Å²) in [5, 5.41) is 17.6. The predicted molar refractivity (Wildman–Crippen MR) is 103 cm³/mol. The van der Waals surface area contributed by atoms with Crippen LogP contribution in [0.3, 0.4) is 0 Å². The number of anilines is 1. The zero-order chi connectivity index (χ0) is 18.1. The molecule has 0 amide bonds. The number of benzene rings is 1. The van der Waals surface area contributed by atoms with Crippen LogP contribution in [0.25, 0.3) is 16.9 Å². The van der Waals surface area contributed by atoms with Crippen LogP contribution in [0.15, 0.2) is 47.2 Å². The molecular weight excluding hydrogens is 396 g/mol. The quantitative estimate of drug-likeness (QED) is 0.675. The van der Waals surface area contributed by atoms with Gasteiger partial charge in [0.25, 0.3) is 0 Å². The topological polar surface area (TPSA) is 80.0 Å². The van der Waals surface area contributed by atoms with Crippen molar-refractivity contribution < 1.29 is 9.90 Å². The van der Waals surface area contributed by atoms with E-state index < -0.39 is 5.97 Å². The van der Waals surface area contributed by atoms with E-state index in [1.54, 1.807) is 30.6 Å². The Hall–Kier alpha value is -2.67. The number of hydrogen-bond acceptors (Lipinski definition) is 4. The highest BCUT2D eigenvalue weighted by Crippen LogP contribution is 2.34. The SMILES string of the molecule is O=C(O)c1cccc(-n2nc(-c3cncc(Br)c3)c3c2NCCCC3)c1. The van der Waals surface area contributed by atoms with Gasteiger partial charge in [-0.3, -0.25) is 4.98 Å². The number of aromatic nitrogens is 3. The highest BCUT2D eigenvalue weighted by molar-refractivity contribution is 9.10. The van der Waals surface area contributed by atoms with E-state index in [0.717, 1.165) is 58.6 Å². The molecule has 0 fully saturated rings. The molecule has 0 atom stereocenters. The summed E-state index contributed by atoms with van der Waals surface area (Å²) < 4.78 is 2.70. The van der Waals surface area contributed by atoms with E-state index >= 15 is 0 Å². The summed E-state index contributed by atoms with van der Waals surface area (Å²) in [7, 11) is 0. The summed E-state index contributed by atoms with van der Waals surface area (Å²) in [6, 6.07) is 8.84. The summed E-state index contributed by atoms with van der Waals surface area (Å²) >= 11 is 3.47. The molecule has 6 nitrogen and oxygen atoms in total. The Bertz CT molecular complexity index is 983. The lowest BCUT2D eigenvalue weighted by Gasteiger charge is -2.09. The zero-order valence-electron chi connectivity index (χ0n) is 13.9. The highest BCUT2D eigenvalue weighted by Gasteiger charge is 2.22. The maximum Gasteiger partial charge on any atom is 0.335 e. The van der Waals surface area contributed by atoms with Crippen LogP contribution in [-0.2, 0) is 6.42 Å². The molecule has 2 aromatic heterocycles. The molecule has 26 heavy (non-hydrogen) atoms. The summed E-state index contributed by atoms with van der Waals surface area (Å²) in [5.41, 5.74) is 3.93. The number of nitrogens with zero attached hydrogens (tertiary/aromatic N) is 3. The molecule has 0 spiro atoms. The lowest BCUT2D eigenvalue weighted by molar-refractivity contribution is 0.0697. The van der Waals surface area contributed by atoms with Crippen molar-refractivity contribution in [3.05, 3.63) is 58.3 Å². The Balaban J connectivity index is 1.90. The Morgan fingerprint density at radius 1 is 1.23 bits per heavy atom. The van der Waals surface area contributed by atoms with E-state index in [1.807, 2.05) is 16.8 Å². The molecule has 7 heteroatoms. The van der Waals surface area contributed by atoms with E-state index in [0.29, 0.717) is 0 Å². The number of halogens is 1. The van der Waals surface area contributed by atoms with Gasteiger partial charge < -0.3 is 10.4 Å². The van der Waals surface area contributed by atoms with Gasteiger partial charge in [0.15, 0.2) is 0 Å². The Morgan fingerprint density at radius 3 is 2.92 bits per heavy atom. The molecule has 132 valence electrons. The third kappa shape index (κ3) is 3.10. The monoisotopic (exact) mass is 412 g/mol. The van der Waals surface area contributed by atoms with E-state index in [1.165, 1.54) is 0 Å². The highest BCUT2D eigenvalue weighted by atomic mass is 79.9. The third-order valence-electron chi connectivity index (χ3n) is 4.45. The zero-order valence-corrected chi connectivity index (χ0v) is 15.5. The number of rotatable bonds is 3. The molecule has 3 aromatic rings. The molecule has 0 aliphatic carbocycles. The van der Waals surface area contributed by atoms with Crippen LogP contribution in [0.1, 0.15) is 28.8 Å². The number of nitrogens with one attached hydrogen (secondary N) is 1. The fraction of sp³-hybridized carbons (Fsp3) is 0.211. The normalized spacial score (nSPS) is 13.6. The molecule has 3 heterocycles. The van der Waals surface area contributed by atoms with Gasteiger partial charge in [0.05, 0.1) is 16.9 Å². The second kappa shape index (κ2) is 6.92. The fourth-order valence-corrected chi connectivity index (χ4v) is 3.60. The van der Waals surface area contributed by atoms with Crippen molar-refractivity contribution in [2.24, 2.45) is 0 Å². The number of carboxylic acid groups (broad SMARTS) is 1. The van der Waals surface area contributed by atoms with Gasteiger partial charge in [-0.2, -0.15) is 5.10 Å². The molecular formula is C19H17BrN4O2. The van der Waals surface area contributed by atoms with E-state index in [2.05, 4.69) is 26.2 Å². The van der Waals surface area contributed by atoms with Crippen molar-refractivity contribution in [2.45, 2.75) is 19.3 Å². The lowest BCUT2D eigenvalue weighted by atomic mass is 10.1. The van der Waals surface area contributed by atoms with Gasteiger partial charge in [-0.15, -0.1) is 0 Å². The minimum Gasteiger partial charge on any atom is -0.478 e. The van der Waals surface area contributed by atoms with Gasteiger partial charge in [0, 0.05) is 34.5 Å². The average molecular weight is 413 g/mol. The van der Waals surface area contributed by atoms with Crippen LogP contribution in [0, 0.1) is 0 Å². The number of carboxylic acids is 1. The first-order valence-corrected chi connectivity index (χ1v) is 9.23. The van der Waals surface area contributed by atoms with Crippen molar-refractivity contribution in [3.63, 3.8) is 0 Å². The second-order valence-electron chi connectivity index (χ2n) is 6.22. The smallest absolute Gasteiger partial charge is 0.335 e. The van der Waals surface area contributed by atoms with Crippen LogP contribution in [-0.4, -0.2) is 32.4 Å². The molecule has 0 saturated carbocycles. The number of aromatic carboxylic acids is 1. The standard InChI is InChI=1S/C19H17BrN4O2/c20-14-8-13(10-21-11-14)17-16-6-1-2-7-22-18(16)24(23-17)15-5-3-4-12(9-15)19(25)26/h3-5,8-11,22H,1-2,6-7H2,(H,25,26). The third-order valence-corrected chi connectivity index (χ3v) is 4.88. The van der Waals surface area contributed by atoms with Crippen molar-refractivity contribution >= 4 is 27.7 Å². The summed E-state index contributed by atoms with van der Waals surface area (Å²) in [6.07, 6.45) is 6.63. The van der Waals surface area contributed by atoms with Crippen LogP contribution in [0.5, 0.6) is 0 Å². The second-order valence-corrected chi connectivity index (χ2v) is 7.13. The first kappa shape index (κ1) is 16.8. The van der Waals surface area contributed by atoms with Crippen LogP contribution in [0.4, 0.5) is 5.82 Å². The minimum atomic E-state index is -0.950.